The van der Waals surface area contributed by atoms with Gasteiger partial charge < -0.3 is 10.0 Å². The van der Waals surface area contributed by atoms with Crippen molar-refractivity contribution in [1.82, 2.24) is 9.58 Å². The second kappa shape index (κ2) is 7.52. The number of fused-ring (bicyclic) bond motifs is 1. The molecule has 0 spiro atoms. The lowest BCUT2D eigenvalue weighted by Crippen LogP contribution is -2.55. The molecule has 0 saturated carbocycles. The number of aromatic hydroxyl groups is 1. The highest BCUT2D eigenvalue weighted by Gasteiger charge is 2.36. The number of rotatable bonds is 4. The van der Waals surface area contributed by atoms with Crippen LogP contribution in [0.2, 0.25) is 0 Å². The van der Waals surface area contributed by atoms with Crippen LogP contribution in [-0.4, -0.2) is 33.8 Å². The third-order valence-electron chi connectivity index (χ3n) is 4.93. The summed E-state index contributed by atoms with van der Waals surface area (Å²) in [6.45, 7) is -0.0374. The van der Waals surface area contributed by atoms with Crippen LogP contribution in [0.3, 0.4) is 0 Å². The van der Waals surface area contributed by atoms with Gasteiger partial charge in [-0.1, -0.05) is 60.7 Å². The van der Waals surface area contributed by atoms with Crippen LogP contribution in [0.1, 0.15) is 27.7 Å². The topological polar surface area (TPSA) is 89.6 Å². The van der Waals surface area contributed by atoms with E-state index in [4.69, 9.17) is 0 Å². The van der Waals surface area contributed by atoms with Crippen LogP contribution in [0.25, 0.3) is 0 Å². The molecule has 4 rings (SSSR count). The van der Waals surface area contributed by atoms with E-state index >= 15 is 0 Å². The number of carbonyl (C=O) groups is 1. The highest BCUT2D eigenvalue weighted by molar-refractivity contribution is 5.96. The van der Waals surface area contributed by atoms with E-state index < -0.39 is 17.1 Å². The number of nitriles is 1. The van der Waals surface area contributed by atoms with E-state index in [1.807, 2.05) is 71.7 Å². The Hall–Kier alpha value is -4.05. The van der Waals surface area contributed by atoms with Gasteiger partial charge in [0.15, 0.2) is 11.4 Å². The van der Waals surface area contributed by atoms with E-state index in [0.717, 1.165) is 11.1 Å². The van der Waals surface area contributed by atoms with Crippen LogP contribution in [0, 0.1) is 11.3 Å². The number of hydrogen-bond donors (Lipinski definition) is 1. The zero-order valence-electron chi connectivity index (χ0n) is 15.5. The molecule has 0 fully saturated rings. The largest absolute Gasteiger partial charge is 0.502 e. The molecule has 2 heterocycles. The van der Waals surface area contributed by atoms with Crippen LogP contribution in [0.15, 0.2) is 77.7 Å². The molecule has 0 unspecified atom stereocenters. The van der Waals surface area contributed by atoms with Gasteiger partial charge in [-0.25, -0.2) is 0 Å². The van der Waals surface area contributed by atoms with Gasteiger partial charge in [-0.05, 0) is 11.1 Å². The second-order valence-electron chi connectivity index (χ2n) is 6.69. The van der Waals surface area contributed by atoms with Crippen molar-refractivity contribution < 1.29 is 9.90 Å². The summed E-state index contributed by atoms with van der Waals surface area (Å²) in [6.07, 6.45) is 1.48. The summed E-state index contributed by atoms with van der Waals surface area (Å²) in [7, 11) is 0. The third kappa shape index (κ3) is 3.21. The molecule has 144 valence electrons. The lowest BCUT2D eigenvalue weighted by Gasteiger charge is -2.43. The molecule has 1 aliphatic heterocycles. The monoisotopic (exact) mass is 386 g/mol. The maximum Gasteiger partial charge on any atom is 0.278 e. The lowest BCUT2D eigenvalue weighted by molar-refractivity contribution is 0.0704. The molecule has 1 N–H and O–H groups in total. The predicted octanol–water partition coefficient (Wildman–Crippen LogP) is 2.22. The van der Waals surface area contributed by atoms with Crippen molar-refractivity contribution in [3.05, 3.63) is 100.0 Å². The number of benzene rings is 2. The van der Waals surface area contributed by atoms with Gasteiger partial charge in [0.2, 0.25) is 5.43 Å². The zero-order chi connectivity index (χ0) is 20.4. The minimum atomic E-state index is -0.640. The third-order valence-corrected chi connectivity index (χ3v) is 4.93. The fraction of sp³-hybridized carbons (Fsp3) is 0.136. The predicted molar refractivity (Wildman–Crippen MR) is 107 cm³/mol. The summed E-state index contributed by atoms with van der Waals surface area (Å²) in [4.78, 5) is 26.2. The minimum Gasteiger partial charge on any atom is -0.502 e. The first-order chi connectivity index (χ1) is 14.1. The van der Waals surface area contributed by atoms with Crippen molar-refractivity contribution in [2.45, 2.75) is 6.04 Å². The molecular weight excluding hydrogens is 368 g/mol. The van der Waals surface area contributed by atoms with Gasteiger partial charge in [0.25, 0.3) is 5.91 Å². The molecular formula is C22H18N4O3. The van der Waals surface area contributed by atoms with Crippen LogP contribution in [0.5, 0.6) is 5.75 Å². The van der Waals surface area contributed by atoms with Gasteiger partial charge in [0.05, 0.1) is 12.1 Å². The Balaban J connectivity index is 1.94. The summed E-state index contributed by atoms with van der Waals surface area (Å²) >= 11 is 0. The molecule has 7 nitrogen and oxygen atoms in total. The molecule has 29 heavy (non-hydrogen) atoms. The average Bonchev–Trinajstić information content (AvgIpc) is 2.75. The first-order valence-electron chi connectivity index (χ1n) is 9.09. The van der Waals surface area contributed by atoms with E-state index in [1.54, 1.807) is 0 Å². The number of nitrogens with zero attached hydrogens (tertiary/aromatic N) is 4. The van der Waals surface area contributed by atoms with Gasteiger partial charge in [0, 0.05) is 12.3 Å². The molecule has 0 aliphatic carbocycles. The van der Waals surface area contributed by atoms with Crippen molar-refractivity contribution in [1.29, 1.82) is 5.26 Å². The number of pyridine rings is 1. The van der Waals surface area contributed by atoms with E-state index in [2.05, 4.69) is 0 Å². The molecule has 7 heteroatoms. The van der Waals surface area contributed by atoms with E-state index in [9.17, 15) is 20.0 Å². The second-order valence-corrected chi connectivity index (χ2v) is 6.69. The number of carbonyl (C=O) groups excluding carboxylic acids is 1. The highest BCUT2D eigenvalue weighted by Crippen LogP contribution is 2.31. The van der Waals surface area contributed by atoms with Crippen molar-refractivity contribution in [3.8, 4) is 11.8 Å². The standard InChI is InChI=1S/C22H18N4O3/c23-12-14-24-15-26(25-13-11-18(27)21(28)20(25)22(24)29)19(16-7-3-1-4-8-16)17-9-5-2-6-10-17/h1-11,13,19,28H,14-15H2. The Morgan fingerprint density at radius 3 is 2.10 bits per heavy atom. The van der Waals surface area contributed by atoms with Crippen LogP contribution >= 0.6 is 0 Å². The van der Waals surface area contributed by atoms with Crippen LogP contribution < -0.4 is 10.4 Å². The number of hydrogen-bond acceptors (Lipinski definition) is 5. The fourth-order valence-electron chi connectivity index (χ4n) is 3.61. The van der Waals surface area contributed by atoms with Gasteiger partial charge in [-0.2, -0.15) is 5.26 Å². The summed E-state index contributed by atoms with van der Waals surface area (Å²) in [5.74, 6) is -1.18. The maximum atomic E-state index is 12.8. The van der Waals surface area contributed by atoms with Crippen molar-refractivity contribution in [3.63, 3.8) is 0 Å². The minimum absolute atomic E-state index is 0.121. The van der Waals surface area contributed by atoms with E-state index in [0.29, 0.717) is 0 Å². The molecule has 1 aliphatic rings. The quantitative estimate of drug-likeness (QED) is 0.695. The van der Waals surface area contributed by atoms with Crippen molar-refractivity contribution >= 4 is 5.91 Å². The number of amides is 1. The average molecular weight is 386 g/mol. The van der Waals surface area contributed by atoms with Gasteiger partial charge in [-0.3, -0.25) is 19.3 Å². The van der Waals surface area contributed by atoms with E-state index in [-0.39, 0.29) is 24.9 Å². The summed E-state index contributed by atoms with van der Waals surface area (Å²) in [6, 6.07) is 22.4. The summed E-state index contributed by atoms with van der Waals surface area (Å²) in [5, 5.41) is 21.4. The van der Waals surface area contributed by atoms with Gasteiger partial charge in [0.1, 0.15) is 13.2 Å². The normalized spacial score (nSPS) is 13.3. The van der Waals surface area contributed by atoms with Crippen molar-refractivity contribution in [2.75, 3.05) is 18.2 Å². The Morgan fingerprint density at radius 2 is 1.55 bits per heavy atom. The highest BCUT2D eigenvalue weighted by atomic mass is 16.3. The smallest absolute Gasteiger partial charge is 0.278 e. The Kier molecular flexibility index (Phi) is 4.75. The number of aromatic nitrogens is 1. The molecule has 0 radical (unpaired) electrons. The van der Waals surface area contributed by atoms with Gasteiger partial charge >= 0.3 is 0 Å². The molecule has 3 aromatic rings. The SMILES string of the molecule is N#CCN1CN(C(c2ccccc2)c2ccccc2)n2ccc(=O)c(O)c2C1=O. The Bertz CT molecular complexity index is 1100. The molecule has 0 atom stereocenters. The van der Waals surface area contributed by atoms with Crippen LogP contribution in [-0.2, 0) is 0 Å². The van der Waals surface area contributed by atoms with Gasteiger partial charge in [-0.15, -0.1) is 0 Å². The molecule has 1 amide bonds. The molecule has 1 aromatic heterocycles. The summed E-state index contributed by atoms with van der Waals surface area (Å²) < 4.78 is 1.51. The lowest BCUT2D eigenvalue weighted by atomic mass is 9.98. The molecule has 2 aromatic carbocycles. The van der Waals surface area contributed by atoms with Crippen LogP contribution in [0.4, 0.5) is 0 Å². The zero-order valence-corrected chi connectivity index (χ0v) is 15.5. The first-order valence-corrected chi connectivity index (χ1v) is 9.09. The molecule has 0 bridgehead atoms. The van der Waals surface area contributed by atoms with Crippen molar-refractivity contribution in [2.24, 2.45) is 0 Å². The Morgan fingerprint density at radius 1 is 0.966 bits per heavy atom. The maximum absolute atomic E-state index is 12.8. The van der Waals surface area contributed by atoms with E-state index in [1.165, 1.54) is 21.8 Å². The Labute approximate surface area is 167 Å². The summed E-state index contributed by atoms with van der Waals surface area (Å²) in [5.41, 5.74) is 1.15. The fourth-order valence-corrected chi connectivity index (χ4v) is 3.61. The molecule has 0 saturated heterocycles. The first kappa shape index (κ1) is 18.3.